The van der Waals surface area contributed by atoms with Crippen molar-refractivity contribution in [3.8, 4) is 0 Å². The van der Waals surface area contributed by atoms with Gasteiger partial charge >= 0.3 is 0 Å². The molecule has 0 radical (unpaired) electrons. The number of hydrogen-bond donors (Lipinski definition) is 3. The van der Waals surface area contributed by atoms with Crippen molar-refractivity contribution in [1.82, 2.24) is 5.32 Å². The molecular formula is C13H20N2O4S. The molecule has 20 heavy (non-hydrogen) atoms. The molecule has 0 aromatic heterocycles. The SMILES string of the molecule is NS(=O)(=O)c1ccc(CCNC(=O)CCCCO)cc1. The Morgan fingerprint density at radius 2 is 1.85 bits per heavy atom. The fourth-order valence-electron chi connectivity index (χ4n) is 1.68. The van der Waals surface area contributed by atoms with Gasteiger partial charge in [0.05, 0.1) is 4.90 Å². The molecule has 1 aromatic rings. The molecule has 0 unspecified atom stereocenters. The van der Waals surface area contributed by atoms with Crippen molar-refractivity contribution in [2.75, 3.05) is 13.2 Å². The largest absolute Gasteiger partial charge is 0.396 e. The lowest BCUT2D eigenvalue weighted by Gasteiger charge is -2.06. The maximum atomic E-state index is 11.4. The zero-order valence-electron chi connectivity index (χ0n) is 11.2. The summed E-state index contributed by atoms with van der Waals surface area (Å²) in [4.78, 5) is 11.5. The number of aliphatic hydroxyl groups excluding tert-OH is 1. The number of carbonyl (C=O) groups is 1. The van der Waals surface area contributed by atoms with Crippen molar-refractivity contribution >= 4 is 15.9 Å². The Kier molecular flexibility index (Phi) is 6.63. The van der Waals surface area contributed by atoms with E-state index in [0.29, 0.717) is 32.2 Å². The summed E-state index contributed by atoms with van der Waals surface area (Å²) in [5.41, 5.74) is 0.924. The first kappa shape index (κ1) is 16.6. The maximum absolute atomic E-state index is 11.4. The van der Waals surface area contributed by atoms with E-state index in [0.717, 1.165) is 5.56 Å². The van der Waals surface area contributed by atoms with Gasteiger partial charge in [-0.1, -0.05) is 12.1 Å². The number of nitrogens with two attached hydrogens (primary N) is 1. The molecule has 6 nitrogen and oxygen atoms in total. The smallest absolute Gasteiger partial charge is 0.238 e. The lowest BCUT2D eigenvalue weighted by molar-refractivity contribution is -0.121. The van der Waals surface area contributed by atoms with Crippen LogP contribution in [-0.4, -0.2) is 32.6 Å². The van der Waals surface area contributed by atoms with E-state index in [1.54, 1.807) is 12.1 Å². The van der Waals surface area contributed by atoms with Gasteiger partial charge in [0.2, 0.25) is 15.9 Å². The Morgan fingerprint density at radius 1 is 1.20 bits per heavy atom. The van der Waals surface area contributed by atoms with Crippen molar-refractivity contribution in [2.45, 2.75) is 30.6 Å². The van der Waals surface area contributed by atoms with Gasteiger partial charge in [-0.15, -0.1) is 0 Å². The Hall–Kier alpha value is -1.44. The van der Waals surface area contributed by atoms with Gasteiger partial charge in [-0.3, -0.25) is 4.79 Å². The van der Waals surface area contributed by atoms with Crippen LogP contribution in [0.4, 0.5) is 0 Å². The summed E-state index contributed by atoms with van der Waals surface area (Å²) < 4.78 is 22.2. The number of primary sulfonamides is 1. The van der Waals surface area contributed by atoms with E-state index >= 15 is 0 Å². The zero-order valence-corrected chi connectivity index (χ0v) is 12.0. The lowest BCUT2D eigenvalue weighted by Crippen LogP contribution is -2.25. The molecule has 0 fully saturated rings. The second-order valence-electron chi connectivity index (χ2n) is 4.47. The fourth-order valence-corrected chi connectivity index (χ4v) is 2.19. The molecule has 0 saturated heterocycles. The summed E-state index contributed by atoms with van der Waals surface area (Å²) >= 11 is 0. The molecule has 0 aliphatic carbocycles. The number of aliphatic hydroxyl groups is 1. The predicted octanol–water partition coefficient (Wildman–Crippen LogP) is 0.155. The van der Waals surface area contributed by atoms with Crippen LogP contribution in [0.5, 0.6) is 0 Å². The number of benzene rings is 1. The third-order valence-corrected chi connectivity index (χ3v) is 3.73. The van der Waals surface area contributed by atoms with Gasteiger partial charge in [0.15, 0.2) is 0 Å². The van der Waals surface area contributed by atoms with Crippen LogP contribution >= 0.6 is 0 Å². The summed E-state index contributed by atoms with van der Waals surface area (Å²) in [6.07, 6.45) is 2.33. The van der Waals surface area contributed by atoms with Crippen molar-refractivity contribution in [3.63, 3.8) is 0 Å². The summed E-state index contributed by atoms with van der Waals surface area (Å²) in [7, 11) is -3.66. The van der Waals surface area contributed by atoms with Crippen LogP contribution in [-0.2, 0) is 21.2 Å². The second kappa shape index (κ2) is 7.98. The van der Waals surface area contributed by atoms with E-state index in [9.17, 15) is 13.2 Å². The van der Waals surface area contributed by atoms with Gasteiger partial charge < -0.3 is 10.4 Å². The standard InChI is InChI=1S/C13H20N2O4S/c14-20(18,19)12-6-4-11(5-7-12)8-9-15-13(17)3-1-2-10-16/h4-7,16H,1-3,8-10H2,(H,15,17)(H2,14,18,19). The van der Waals surface area contributed by atoms with Crippen LogP contribution < -0.4 is 10.5 Å². The average molecular weight is 300 g/mol. The molecule has 1 rings (SSSR count). The molecule has 0 aliphatic heterocycles. The van der Waals surface area contributed by atoms with Crippen LogP contribution in [0.2, 0.25) is 0 Å². The van der Waals surface area contributed by atoms with Crippen LogP contribution in [0.3, 0.4) is 0 Å². The molecule has 4 N–H and O–H groups in total. The Morgan fingerprint density at radius 3 is 2.40 bits per heavy atom. The van der Waals surface area contributed by atoms with Crippen molar-refractivity contribution < 1.29 is 18.3 Å². The molecule has 0 heterocycles. The van der Waals surface area contributed by atoms with Crippen LogP contribution in [0, 0.1) is 0 Å². The average Bonchev–Trinajstić information content (AvgIpc) is 2.38. The number of carbonyl (C=O) groups excluding carboxylic acids is 1. The number of nitrogens with one attached hydrogen (secondary N) is 1. The molecule has 0 atom stereocenters. The highest BCUT2D eigenvalue weighted by Crippen LogP contribution is 2.08. The molecule has 0 aliphatic rings. The van der Waals surface area contributed by atoms with Crippen molar-refractivity contribution in [1.29, 1.82) is 0 Å². The molecule has 0 bridgehead atoms. The summed E-state index contributed by atoms with van der Waals surface area (Å²) in [5.74, 6) is -0.0420. The van der Waals surface area contributed by atoms with Crippen LogP contribution in [0.15, 0.2) is 29.2 Å². The Labute approximate surface area is 119 Å². The summed E-state index contributed by atoms with van der Waals surface area (Å²) in [6.45, 7) is 0.594. The third kappa shape index (κ3) is 6.14. The number of rotatable bonds is 8. The van der Waals surface area contributed by atoms with Gasteiger partial charge in [0.1, 0.15) is 0 Å². The van der Waals surface area contributed by atoms with E-state index in [4.69, 9.17) is 10.2 Å². The van der Waals surface area contributed by atoms with Crippen molar-refractivity contribution in [2.24, 2.45) is 5.14 Å². The fraction of sp³-hybridized carbons (Fsp3) is 0.462. The minimum Gasteiger partial charge on any atom is -0.396 e. The number of sulfonamides is 1. The monoisotopic (exact) mass is 300 g/mol. The quantitative estimate of drug-likeness (QED) is 0.594. The first-order valence-electron chi connectivity index (χ1n) is 6.43. The van der Waals surface area contributed by atoms with Crippen LogP contribution in [0.25, 0.3) is 0 Å². The second-order valence-corrected chi connectivity index (χ2v) is 6.03. The van der Waals surface area contributed by atoms with Gasteiger partial charge in [0, 0.05) is 19.6 Å². The summed E-state index contributed by atoms with van der Waals surface area (Å²) in [5, 5.41) is 16.4. The first-order chi connectivity index (χ1) is 9.43. The summed E-state index contributed by atoms with van der Waals surface area (Å²) in [6, 6.07) is 6.26. The van der Waals surface area contributed by atoms with Gasteiger partial charge in [-0.25, -0.2) is 13.6 Å². The zero-order chi connectivity index (χ0) is 15.0. The molecular weight excluding hydrogens is 280 g/mol. The van der Waals surface area contributed by atoms with Gasteiger partial charge in [-0.05, 0) is 37.0 Å². The van der Waals surface area contributed by atoms with E-state index < -0.39 is 10.0 Å². The molecule has 0 spiro atoms. The van der Waals surface area contributed by atoms with Crippen LogP contribution in [0.1, 0.15) is 24.8 Å². The third-order valence-electron chi connectivity index (χ3n) is 2.80. The molecule has 0 saturated carbocycles. The molecule has 7 heteroatoms. The lowest BCUT2D eigenvalue weighted by atomic mass is 10.1. The highest BCUT2D eigenvalue weighted by atomic mass is 32.2. The number of unbranched alkanes of at least 4 members (excludes halogenated alkanes) is 1. The molecule has 1 aromatic carbocycles. The molecule has 112 valence electrons. The maximum Gasteiger partial charge on any atom is 0.238 e. The van der Waals surface area contributed by atoms with E-state index in [2.05, 4.69) is 5.32 Å². The minimum absolute atomic E-state index is 0.0420. The van der Waals surface area contributed by atoms with Crippen molar-refractivity contribution in [3.05, 3.63) is 29.8 Å². The first-order valence-corrected chi connectivity index (χ1v) is 7.97. The van der Waals surface area contributed by atoms with Gasteiger partial charge in [-0.2, -0.15) is 0 Å². The Balaban J connectivity index is 2.34. The minimum atomic E-state index is -3.66. The Bertz CT molecular complexity index is 526. The number of hydrogen-bond acceptors (Lipinski definition) is 4. The normalized spacial score (nSPS) is 11.3. The van der Waals surface area contributed by atoms with E-state index in [1.165, 1.54) is 12.1 Å². The predicted molar refractivity (Wildman–Crippen MR) is 75.5 cm³/mol. The molecule has 1 amide bonds. The number of amides is 1. The topological polar surface area (TPSA) is 109 Å². The van der Waals surface area contributed by atoms with E-state index in [-0.39, 0.29) is 17.4 Å². The van der Waals surface area contributed by atoms with Gasteiger partial charge in [0.25, 0.3) is 0 Å². The highest BCUT2D eigenvalue weighted by Gasteiger charge is 2.06. The highest BCUT2D eigenvalue weighted by molar-refractivity contribution is 7.89. The van der Waals surface area contributed by atoms with E-state index in [1.807, 2.05) is 0 Å².